The smallest absolute Gasteiger partial charge is 0.274 e. The van der Waals surface area contributed by atoms with Gasteiger partial charge in [-0.3, -0.25) is 9.20 Å². The van der Waals surface area contributed by atoms with Crippen LogP contribution in [0.1, 0.15) is 10.5 Å². The van der Waals surface area contributed by atoms with Crippen molar-refractivity contribution in [3.8, 4) is 11.3 Å². The molecule has 0 aromatic carbocycles. The number of aromatic nitrogens is 3. The third kappa shape index (κ3) is 2.93. The second-order valence-corrected chi connectivity index (χ2v) is 7.50. The van der Waals surface area contributed by atoms with Gasteiger partial charge in [0.1, 0.15) is 11.5 Å². The van der Waals surface area contributed by atoms with Crippen molar-refractivity contribution in [2.24, 2.45) is 0 Å². The van der Waals surface area contributed by atoms with Gasteiger partial charge in [0.05, 0.1) is 5.69 Å². The predicted molar refractivity (Wildman–Crippen MR) is 111 cm³/mol. The number of imidazole rings is 1. The molecule has 4 aromatic rings. The Bertz CT molecular complexity index is 1100. The SMILES string of the molecule is O=C(c1nc2ccccn2c1-c1ccsc1)N1CCN(c2ccccn2)CC1. The molecule has 5 rings (SSSR count). The lowest BCUT2D eigenvalue weighted by molar-refractivity contribution is 0.0742. The van der Waals surface area contributed by atoms with Crippen LogP contribution in [0.25, 0.3) is 16.9 Å². The lowest BCUT2D eigenvalue weighted by Crippen LogP contribution is -2.49. The van der Waals surface area contributed by atoms with E-state index in [0.717, 1.165) is 35.8 Å². The number of nitrogens with zero attached hydrogens (tertiary/aromatic N) is 5. The van der Waals surface area contributed by atoms with Crippen molar-refractivity contribution in [1.29, 1.82) is 0 Å². The molecule has 6 nitrogen and oxygen atoms in total. The molecule has 0 aliphatic carbocycles. The summed E-state index contributed by atoms with van der Waals surface area (Å²) in [6.07, 6.45) is 3.77. The van der Waals surface area contributed by atoms with Crippen LogP contribution in [0.4, 0.5) is 5.82 Å². The van der Waals surface area contributed by atoms with Crippen LogP contribution in [0.15, 0.2) is 65.6 Å². The van der Waals surface area contributed by atoms with Crippen LogP contribution in [-0.4, -0.2) is 51.4 Å². The largest absolute Gasteiger partial charge is 0.353 e. The predicted octanol–water partition coefficient (Wildman–Crippen LogP) is 3.42. The van der Waals surface area contributed by atoms with E-state index in [1.165, 1.54) is 0 Å². The summed E-state index contributed by atoms with van der Waals surface area (Å²) >= 11 is 1.62. The van der Waals surface area contributed by atoms with Gasteiger partial charge in [0.2, 0.25) is 0 Å². The van der Waals surface area contributed by atoms with Crippen molar-refractivity contribution < 1.29 is 4.79 Å². The Balaban J connectivity index is 1.43. The summed E-state index contributed by atoms with van der Waals surface area (Å²) in [5.74, 6) is 0.951. The van der Waals surface area contributed by atoms with E-state index in [4.69, 9.17) is 0 Å². The summed E-state index contributed by atoms with van der Waals surface area (Å²) in [6.45, 7) is 2.85. The molecule has 0 atom stereocenters. The van der Waals surface area contributed by atoms with Crippen LogP contribution in [0.3, 0.4) is 0 Å². The van der Waals surface area contributed by atoms with E-state index in [1.54, 1.807) is 17.5 Å². The Labute approximate surface area is 166 Å². The number of hydrogen-bond acceptors (Lipinski definition) is 5. The topological polar surface area (TPSA) is 53.7 Å². The third-order valence-electron chi connectivity index (χ3n) is 5.07. The molecular weight excluding hydrogens is 370 g/mol. The van der Waals surface area contributed by atoms with Crippen LogP contribution in [-0.2, 0) is 0 Å². The maximum absolute atomic E-state index is 13.3. The van der Waals surface area contributed by atoms with Gasteiger partial charge in [-0.2, -0.15) is 11.3 Å². The summed E-state index contributed by atoms with van der Waals surface area (Å²) in [7, 11) is 0. The first-order chi connectivity index (χ1) is 13.8. The van der Waals surface area contributed by atoms with E-state index < -0.39 is 0 Å². The van der Waals surface area contributed by atoms with Gasteiger partial charge in [0.15, 0.2) is 5.69 Å². The third-order valence-corrected chi connectivity index (χ3v) is 5.75. The van der Waals surface area contributed by atoms with Crippen molar-refractivity contribution >= 4 is 28.7 Å². The van der Waals surface area contributed by atoms with Crippen molar-refractivity contribution in [3.63, 3.8) is 0 Å². The van der Waals surface area contributed by atoms with Gasteiger partial charge in [0, 0.05) is 49.5 Å². The van der Waals surface area contributed by atoms with Crippen molar-refractivity contribution in [3.05, 3.63) is 71.3 Å². The second kappa shape index (κ2) is 7.09. The van der Waals surface area contributed by atoms with Crippen molar-refractivity contribution in [1.82, 2.24) is 19.3 Å². The van der Waals surface area contributed by atoms with E-state index >= 15 is 0 Å². The van der Waals surface area contributed by atoms with E-state index in [2.05, 4.69) is 20.2 Å². The Morgan fingerprint density at radius 1 is 1.00 bits per heavy atom. The molecule has 5 heterocycles. The number of hydrogen-bond donors (Lipinski definition) is 0. The molecule has 0 N–H and O–H groups in total. The van der Waals surface area contributed by atoms with Crippen LogP contribution in [0, 0.1) is 0 Å². The maximum atomic E-state index is 13.3. The number of pyridine rings is 2. The van der Waals surface area contributed by atoms with E-state index in [0.29, 0.717) is 18.8 Å². The molecule has 0 unspecified atom stereocenters. The van der Waals surface area contributed by atoms with E-state index in [9.17, 15) is 4.79 Å². The number of amides is 1. The molecule has 1 aliphatic rings. The summed E-state index contributed by atoms with van der Waals surface area (Å²) < 4.78 is 2.00. The minimum absolute atomic E-state index is 0.00873. The quantitative estimate of drug-likeness (QED) is 0.539. The molecule has 28 heavy (non-hydrogen) atoms. The fraction of sp³-hybridized carbons (Fsp3) is 0.190. The molecule has 0 radical (unpaired) electrons. The molecule has 0 bridgehead atoms. The number of thiophene rings is 1. The fourth-order valence-electron chi connectivity index (χ4n) is 3.65. The molecule has 140 valence electrons. The Morgan fingerprint density at radius 3 is 2.61 bits per heavy atom. The highest BCUT2D eigenvalue weighted by Gasteiger charge is 2.28. The zero-order chi connectivity index (χ0) is 18.9. The van der Waals surface area contributed by atoms with Gasteiger partial charge >= 0.3 is 0 Å². The molecule has 1 saturated heterocycles. The number of anilines is 1. The average Bonchev–Trinajstić information content (AvgIpc) is 3.41. The molecule has 1 aliphatic heterocycles. The second-order valence-electron chi connectivity index (χ2n) is 6.72. The summed E-state index contributed by atoms with van der Waals surface area (Å²) in [4.78, 5) is 26.5. The lowest BCUT2D eigenvalue weighted by atomic mass is 10.1. The Hall–Kier alpha value is -3.19. The first-order valence-electron chi connectivity index (χ1n) is 9.26. The van der Waals surface area contributed by atoms with Gasteiger partial charge in [-0.15, -0.1) is 0 Å². The van der Waals surface area contributed by atoms with Gasteiger partial charge in [0.25, 0.3) is 5.91 Å². The lowest BCUT2D eigenvalue weighted by Gasteiger charge is -2.35. The molecule has 1 fully saturated rings. The monoisotopic (exact) mass is 389 g/mol. The zero-order valence-electron chi connectivity index (χ0n) is 15.2. The van der Waals surface area contributed by atoms with Crippen LogP contribution in [0.2, 0.25) is 0 Å². The number of piperazine rings is 1. The van der Waals surface area contributed by atoms with Crippen LogP contribution >= 0.6 is 11.3 Å². The molecule has 7 heteroatoms. The number of fused-ring (bicyclic) bond motifs is 1. The summed E-state index contributed by atoms with van der Waals surface area (Å²) in [6, 6.07) is 13.8. The molecule has 0 spiro atoms. The minimum Gasteiger partial charge on any atom is -0.353 e. The normalized spacial score (nSPS) is 14.6. The summed E-state index contributed by atoms with van der Waals surface area (Å²) in [5.41, 5.74) is 3.21. The first kappa shape index (κ1) is 16.9. The van der Waals surface area contributed by atoms with Gasteiger partial charge < -0.3 is 9.80 Å². The number of carbonyl (C=O) groups excluding carboxylic acids is 1. The van der Waals surface area contributed by atoms with Gasteiger partial charge in [-0.05, 0) is 35.7 Å². The first-order valence-corrected chi connectivity index (χ1v) is 10.2. The van der Waals surface area contributed by atoms with E-state index in [-0.39, 0.29) is 5.91 Å². The molecule has 1 amide bonds. The molecule has 0 saturated carbocycles. The summed E-state index contributed by atoms with van der Waals surface area (Å²) in [5, 5.41) is 4.09. The Kier molecular flexibility index (Phi) is 4.29. The highest BCUT2D eigenvalue weighted by Crippen LogP contribution is 2.28. The van der Waals surface area contributed by atoms with Crippen molar-refractivity contribution in [2.75, 3.05) is 31.1 Å². The van der Waals surface area contributed by atoms with Crippen LogP contribution < -0.4 is 4.90 Å². The molecule has 4 aromatic heterocycles. The Morgan fingerprint density at radius 2 is 1.86 bits per heavy atom. The number of rotatable bonds is 3. The van der Waals surface area contributed by atoms with Crippen LogP contribution in [0.5, 0.6) is 0 Å². The van der Waals surface area contributed by atoms with Crippen molar-refractivity contribution in [2.45, 2.75) is 0 Å². The molecular formula is C21H19N5OS. The fourth-order valence-corrected chi connectivity index (χ4v) is 4.29. The van der Waals surface area contributed by atoms with E-state index in [1.807, 2.05) is 63.3 Å². The van der Waals surface area contributed by atoms with Gasteiger partial charge in [-0.1, -0.05) is 12.1 Å². The average molecular weight is 389 g/mol. The standard InChI is InChI=1S/C21H19N5OS/c27-21(25-12-10-24(11-13-25)17-5-1-3-8-22-17)19-20(16-7-14-28-15-16)26-9-4-2-6-18(26)23-19/h1-9,14-15H,10-13H2. The minimum atomic E-state index is -0.00873. The number of carbonyl (C=O) groups is 1. The highest BCUT2D eigenvalue weighted by molar-refractivity contribution is 7.08. The van der Waals surface area contributed by atoms with Gasteiger partial charge in [-0.25, -0.2) is 9.97 Å². The maximum Gasteiger partial charge on any atom is 0.274 e. The zero-order valence-corrected chi connectivity index (χ0v) is 16.0. The highest BCUT2D eigenvalue weighted by atomic mass is 32.1.